The number of nitrogens with zero attached hydrogens (tertiary/aromatic N) is 2. The van der Waals surface area contributed by atoms with Gasteiger partial charge in [-0.05, 0) is 36.3 Å². The predicted octanol–water partition coefficient (Wildman–Crippen LogP) is 0.772. The van der Waals surface area contributed by atoms with E-state index < -0.39 is 10.0 Å². The smallest absolute Gasteiger partial charge is 0.267 e. The minimum absolute atomic E-state index is 0.145. The highest BCUT2D eigenvalue weighted by molar-refractivity contribution is 7.91. The Balaban J connectivity index is 1.68. The van der Waals surface area contributed by atoms with Gasteiger partial charge in [-0.15, -0.1) is 11.3 Å². The lowest BCUT2D eigenvalue weighted by molar-refractivity contribution is 0.542. The Kier molecular flexibility index (Phi) is 3.92. The first-order chi connectivity index (χ1) is 10.1. The van der Waals surface area contributed by atoms with E-state index in [-0.39, 0.29) is 22.9 Å². The highest BCUT2D eigenvalue weighted by Gasteiger charge is 2.16. The second-order valence-electron chi connectivity index (χ2n) is 4.86. The van der Waals surface area contributed by atoms with E-state index in [2.05, 4.69) is 9.82 Å². The minimum Gasteiger partial charge on any atom is -0.268 e. The Hall–Kier alpha value is -1.51. The number of aromatic nitrogens is 2. The van der Waals surface area contributed by atoms with Crippen LogP contribution in [0.5, 0.6) is 0 Å². The van der Waals surface area contributed by atoms with Gasteiger partial charge in [0.2, 0.25) is 10.0 Å². The van der Waals surface area contributed by atoms with Crippen molar-refractivity contribution in [1.29, 1.82) is 0 Å². The molecular weight excluding hydrogens is 310 g/mol. The molecule has 1 aliphatic rings. The summed E-state index contributed by atoms with van der Waals surface area (Å²) < 4.78 is 28.0. The van der Waals surface area contributed by atoms with Crippen LogP contribution in [0.25, 0.3) is 0 Å². The van der Waals surface area contributed by atoms with Crippen molar-refractivity contribution in [2.24, 2.45) is 0 Å². The van der Waals surface area contributed by atoms with Crippen LogP contribution in [0.4, 0.5) is 0 Å². The fraction of sp³-hybridized carbons (Fsp3) is 0.385. The van der Waals surface area contributed by atoms with E-state index in [1.54, 1.807) is 23.6 Å². The van der Waals surface area contributed by atoms with Crippen molar-refractivity contribution < 1.29 is 8.42 Å². The highest BCUT2D eigenvalue weighted by atomic mass is 32.2. The number of fused-ring (bicyclic) bond motifs is 1. The van der Waals surface area contributed by atoms with Crippen LogP contribution < -0.4 is 10.3 Å². The van der Waals surface area contributed by atoms with Gasteiger partial charge in [0.25, 0.3) is 5.56 Å². The Morgan fingerprint density at radius 3 is 3.00 bits per heavy atom. The second kappa shape index (κ2) is 5.70. The molecule has 0 saturated carbocycles. The van der Waals surface area contributed by atoms with Gasteiger partial charge >= 0.3 is 0 Å². The van der Waals surface area contributed by atoms with Crippen molar-refractivity contribution in [3.8, 4) is 0 Å². The molecule has 0 aromatic carbocycles. The number of nitrogens with one attached hydrogen (secondary N) is 1. The van der Waals surface area contributed by atoms with E-state index in [1.807, 2.05) is 0 Å². The summed E-state index contributed by atoms with van der Waals surface area (Å²) in [6, 6.07) is 4.85. The van der Waals surface area contributed by atoms with E-state index in [9.17, 15) is 13.2 Å². The van der Waals surface area contributed by atoms with Gasteiger partial charge in [-0.25, -0.2) is 17.8 Å². The third kappa shape index (κ3) is 3.07. The Bertz CT molecular complexity index is 795. The quantitative estimate of drug-likeness (QED) is 0.880. The number of rotatable bonds is 5. The van der Waals surface area contributed by atoms with Gasteiger partial charge in [-0.2, -0.15) is 5.10 Å². The van der Waals surface area contributed by atoms with E-state index in [4.69, 9.17) is 0 Å². The average molecular weight is 325 g/mol. The summed E-state index contributed by atoms with van der Waals surface area (Å²) in [6.07, 6.45) is 2.82. The topological polar surface area (TPSA) is 81.1 Å². The normalized spacial score (nSPS) is 14.3. The predicted molar refractivity (Wildman–Crippen MR) is 80.0 cm³/mol. The monoisotopic (exact) mass is 325 g/mol. The first-order valence-corrected chi connectivity index (χ1v) is 9.06. The molecular formula is C13H15N3O3S2. The number of sulfonamides is 1. The van der Waals surface area contributed by atoms with E-state index in [0.717, 1.165) is 41.9 Å². The SMILES string of the molecule is O=c1cc2c(nn1CCNS(=O)(=O)c1cccs1)CCC2. The van der Waals surface area contributed by atoms with Crippen molar-refractivity contribution in [3.05, 3.63) is 45.2 Å². The van der Waals surface area contributed by atoms with Crippen LogP contribution in [-0.2, 0) is 29.4 Å². The molecule has 1 aliphatic carbocycles. The zero-order chi connectivity index (χ0) is 14.9. The molecule has 112 valence electrons. The van der Waals surface area contributed by atoms with Crippen LogP contribution in [0, 0.1) is 0 Å². The van der Waals surface area contributed by atoms with Crippen molar-refractivity contribution in [2.75, 3.05) is 6.54 Å². The summed E-state index contributed by atoms with van der Waals surface area (Å²) in [5.74, 6) is 0. The maximum atomic E-state index is 11.9. The molecule has 1 N–H and O–H groups in total. The fourth-order valence-electron chi connectivity index (χ4n) is 2.37. The first kappa shape index (κ1) is 14.4. The van der Waals surface area contributed by atoms with Gasteiger partial charge in [-0.3, -0.25) is 4.79 Å². The molecule has 0 fully saturated rings. The summed E-state index contributed by atoms with van der Waals surface area (Å²) in [5.41, 5.74) is 1.80. The molecule has 0 bridgehead atoms. The molecule has 3 rings (SSSR count). The van der Waals surface area contributed by atoms with E-state index in [0.29, 0.717) is 0 Å². The molecule has 2 aromatic rings. The lowest BCUT2D eigenvalue weighted by Gasteiger charge is -2.08. The van der Waals surface area contributed by atoms with E-state index >= 15 is 0 Å². The number of hydrogen-bond acceptors (Lipinski definition) is 5. The second-order valence-corrected chi connectivity index (χ2v) is 7.80. The molecule has 2 aromatic heterocycles. The van der Waals surface area contributed by atoms with Gasteiger partial charge in [0.05, 0.1) is 12.2 Å². The summed E-state index contributed by atoms with van der Waals surface area (Å²) in [5, 5.41) is 6.02. The Morgan fingerprint density at radius 1 is 1.38 bits per heavy atom. The van der Waals surface area contributed by atoms with Gasteiger partial charge in [0.15, 0.2) is 0 Å². The van der Waals surface area contributed by atoms with Crippen LogP contribution in [0.3, 0.4) is 0 Å². The summed E-state index contributed by atoms with van der Waals surface area (Å²) in [7, 11) is -3.49. The largest absolute Gasteiger partial charge is 0.268 e. The number of hydrogen-bond donors (Lipinski definition) is 1. The summed E-state index contributed by atoms with van der Waals surface area (Å²) >= 11 is 1.16. The van der Waals surface area contributed by atoms with Crippen LogP contribution in [0.1, 0.15) is 17.7 Å². The molecule has 0 saturated heterocycles. The van der Waals surface area contributed by atoms with Gasteiger partial charge in [0, 0.05) is 12.6 Å². The van der Waals surface area contributed by atoms with Crippen LogP contribution in [0.2, 0.25) is 0 Å². The fourth-order valence-corrected chi connectivity index (χ4v) is 4.43. The number of aryl methyl sites for hydroxylation is 2. The molecule has 0 aliphatic heterocycles. The maximum Gasteiger partial charge on any atom is 0.267 e. The molecule has 8 heteroatoms. The van der Waals surface area contributed by atoms with Crippen molar-refractivity contribution in [3.63, 3.8) is 0 Å². The van der Waals surface area contributed by atoms with Crippen LogP contribution in [-0.4, -0.2) is 24.7 Å². The van der Waals surface area contributed by atoms with Gasteiger partial charge in [-0.1, -0.05) is 6.07 Å². The molecule has 0 amide bonds. The van der Waals surface area contributed by atoms with Crippen LogP contribution >= 0.6 is 11.3 Å². The standard InChI is InChI=1S/C13H15N3O3S2/c17-12-9-10-3-1-4-11(10)15-16(12)7-6-14-21(18,19)13-5-2-8-20-13/h2,5,8-9,14H,1,3-4,6-7H2. The zero-order valence-electron chi connectivity index (χ0n) is 11.3. The lowest BCUT2D eigenvalue weighted by Crippen LogP contribution is -2.32. The molecule has 21 heavy (non-hydrogen) atoms. The first-order valence-electron chi connectivity index (χ1n) is 6.69. The Labute approximate surface area is 126 Å². The number of thiophene rings is 1. The zero-order valence-corrected chi connectivity index (χ0v) is 12.9. The van der Waals surface area contributed by atoms with Crippen molar-refractivity contribution in [2.45, 2.75) is 30.0 Å². The molecule has 2 heterocycles. The van der Waals surface area contributed by atoms with Crippen molar-refractivity contribution >= 4 is 21.4 Å². The highest BCUT2D eigenvalue weighted by Crippen LogP contribution is 2.17. The summed E-state index contributed by atoms with van der Waals surface area (Å²) in [6.45, 7) is 0.378. The van der Waals surface area contributed by atoms with E-state index in [1.165, 1.54) is 4.68 Å². The third-order valence-corrected chi connectivity index (χ3v) is 6.26. The lowest BCUT2D eigenvalue weighted by atomic mass is 10.2. The van der Waals surface area contributed by atoms with Gasteiger partial charge in [0.1, 0.15) is 4.21 Å². The van der Waals surface area contributed by atoms with Crippen LogP contribution in [0.15, 0.2) is 32.6 Å². The summed E-state index contributed by atoms with van der Waals surface area (Å²) in [4.78, 5) is 11.9. The molecule has 6 nitrogen and oxygen atoms in total. The average Bonchev–Trinajstić information content (AvgIpc) is 3.08. The molecule has 0 spiro atoms. The van der Waals surface area contributed by atoms with Gasteiger partial charge < -0.3 is 0 Å². The third-order valence-electron chi connectivity index (χ3n) is 3.40. The van der Waals surface area contributed by atoms with Crippen molar-refractivity contribution in [1.82, 2.24) is 14.5 Å². The Morgan fingerprint density at radius 2 is 2.24 bits per heavy atom. The molecule has 0 unspecified atom stereocenters. The molecule has 0 atom stereocenters. The minimum atomic E-state index is -3.49. The molecule has 0 radical (unpaired) electrons. The maximum absolute atomic E-state index is 11.9.